The van der Waals surface area contributed by atoms with Crippen molar-refractivity contribution in [1.82, 2.24) is 10.2 Å². The Hall–Kier alpha value is -2.30. The van der Waals surface area contributed by atoms with Gasteiger partial charge in [-0.25, -0.2) is 9.59 Å². The van der Waals surface area contributed by atoms with Crippen molar-refractivity contribution >= 4 is 12.0 Å². The molecule has 21 heavy (non-hydrogen) atoms. The van der Waals surface area contributed by atoms with E-state index in [1.165, 1.54) is 4.90 Å². The fourth-order valence-corrected chi connectivity index (χ4v) is 1.88. The van der Waals surface area contributed by atoms with Crippen LogP contribution in [0.15, 0.2) is 43.0 Å². The second-order valence-corrected chi connectivity index (χ2v) is 4.88. The number of carbonyl (C=O) groups is 2. The predicted octanol–water partition coefficient (Wildman–Crippen LogP) is 2.29. The number of carboxylic acid groups (broad SMARTS) is 1. The van der Waals surface area contributed by atoms with Crippen molar-refractivity contribution in [3.05, 3.63) is 48.6 Å². The molecular weight excluding hydrogens is 268 g/mol. The minimum atomic E-state index is -1.04. The van der Waals surface area contributed by atoms with Crippen LogP contribution in [0.4, 0.5) is 4.79 Å². The minimum absolute atomic E-state index is 0.266. The Morgan fingerprint density at radius 2 is 2.05 bits per heavy atom. The summed E-state index contributed by atoms with van der Waals surface area (Å²) in [6.07, 6.45) is 3.69. The lowest BCUT2D eigenvalue weighted by Crippen LogP contribution is -2.47. The zero-order chi connectivity index (χ0) is 15.7. The zero-order valence-corrected chi connectivity index (χ0v) is 12.3. The number of allylic oxidation sites excluding steroid dienone is 1. The van der Waals surface area contributed by atoms with Crippen LogP contribution in [0.3, 0.4) is 0 Å². The molecule has 0 saturated carbocycles. The highest BCUT2D eigenvalue weighted by atomic mass is 16.4. The van der Waals surface area contributed by atoms with Crippen LogP contribution in [0.25, 0.3) is 0 Å². The quantitative estimate of drug-likeness (QED) is 0.570. The van der Waals surface area contributed by atoms with Crippen molar-refractivity contribution in [2.24, 2.45) is 0 Å². The van der Waals surface area contributed by atoms with Crippen LogP contribution in [0, 0.1) is 0 Å². The average Bonchev–Trinajstić information content (AvgIpc) is 2.47. The molecule has 1 atom stereocenters. The maximum absolute atomic E-state index is 12.0. The van der Waals surface area contributed by atoms with Crippen molar-refractivity contribution in [2.75, 3.05) is 13.6 Å². The molecule has 0 spiro atoms. The molecule has 0 aliphatic rings. The van der Waals surface area contributed by atoms with E-state index in [1.807, 2.05) is 30.3 Å². The summed E-state index contributed by atoms with van der Waals surface area (Å²) in [6.45, 7) is 4.19. The summed E-state index contributed by atoms with van der Waals surface area (Å²) in [7, 11) is 1.65. The number of nitrogens with one attached hydrogen (secondary N) is 1. The highest BCUT2D eigenvalue weighted by Crippen LogP contribution is 2.04. The molecule has 0 radical (unpaired) electrons. The third kappa shape index (κ3) is 6.12. The highest BCUT2D eigenvalue weighted by molar-refractivity contribution is 5.82. The molecule has 114 valence electrons. The van der Waals surface area contributed by atoms with Gasteiger partial charge < -0.3 is 15.3 Å². The van der Waals surface area contributed by atoms with Crippen LogP contribution in [-0.4, -0.2) is 41.6 Å². The van der Waals surface area contributed by atoms with Gasteiger partial charge in [-0.05, 0) is 18.4 Å². The van der Waals surface area contributed by atoms with E-state index in [1.54, 1.807) is 13.1 Å². The van der Waals surface area contributed by atoms with Gasteiger partial charge in [0.15, 0.2) is 0 Å². The first-order valence-electron chi connectivity index (χ1n) is 6.94. The van der Waals surface area contributed by atoms with Gasteiger partial charge in [0.2, 0.25) is 0 Å². The van der Waals surface area contributed by atoms with E-state index in [4.69, 9.17) is 0 Å². The molecule has 1 rings (SSSR count). The van der Waals surface area contributed by atoms with Crippen LogP contribution in [0.5, 0.6) is 0 Å². The lowest BCUT2D eigenvalue weighted by atomic mass is 10.1. The summed E-state index contributed by atoms with van der Waals surface area (Å²) in [5.41, 5.74) is 0.875. The van der Waals surface area contributed by atoms with Gasteiger partial charge >= 0.3 is 12.0 Å². The summed E-state index contributed by atoms with van der Waals surface area (Å²) in [6, 6.07) is 7.94. The monoisotopic (exact) mass is 290 g/mol. The Labute approximate surface area is 125 Å². The number of hydrogen-bond acceptors (Lipinski definition) is 2. The normalized spacial score (nSPS) is 11.5. The maximum Gasteiger partial charge on any atom is 0.326 e. The SMILES string of the molecule is C=CCCCN(C)C(=O)N[C@@H](Cc1ccccc1)C(=O)O. The van der Waals surface area contributed by atoms with Gasteiger partial charge in [-0.3, -0.25) is 0 Å². The van der Waals surface area contributed by atoms with Crippen molar-refractivity contribution in [3.63, 3.8) is 0 Å². The molecule has 0 aliphatic carbocycles. The van der Waals surface area contributed by atoms with Gasteiger partial charge in [0, 0.05) is 20.0 Å². The predicted molar refractivity (Wildman–Crippen MR) is 82.2 cm³/mol. The molecule has 2 N–H and O–H groups in total. The second-order valence-electron chi connectivity index (χ2n) is 4.88. The van der Waals surface area contributed by atoms with E-state index < -0.39 is 12.0 Å². The molecule has 5 heteroatoms. The van der Waals surface area contributed by atoms with Gasteiger partial charge in [0.1, 0.15) is 6.04 Å². The number of benzene rings is 1. The number of carbonyl (C=O) groups excluding carboxylic acids is 1. The third-order valence-corrected chi connectivity index (χ3v) is 3.13. The molecule has 0 fully saturated rings. The molecule has 0 heterocycles. The van der Waals surface area contributed by atoms with Crippen LogP contribution < -0.4 is 5.32 Å². The number of aliphatic carboxylic acids is 1. The van der Waals surface area contributed by atoms with Crippen LogP contribution >= 0.6 is 0 Å². The second kappa shape index (κ2) is 8.79. The average molecular weight is 290 g/mol. The first-order chi connectivity index (χ1) is 10.0. The lowest BCUT2D eigenvalue weighted by Gasteiger charge is -2.21. The fraction of sp³-hybridized carbons (Fsp3) is 0.375. The molecule has 1 aromatic rings. The van der Waals surface area contributed by atoms with Crippen LogP contribution in [-0.2, 0) is 11.2 Å². The van der Waals surface area contributed by atoms with Gasteiger partial charge in [-0.15, -0.1) is 6.58 Å². The number of rotatable bonds is 8. The third-order valence-electron chi connectivity index (χ3n) is 3.13. The van der Waals surface area contributed by atoms with E-state index >= 15 is 0 Å². The van der Waals surface area contributed by atoms with Gasteiger partial charge in [-0.1, -0.05) is 36.4 Å². The Bertz CT molecular complexity index is 474. The van der Waals surface area contributed by atoms with E-state index in [0.29, 0.717) is 6.54 Å². The molecule has 0 aromatic heterocycles. The minimum Gasteiger partial charge on any atom is -0.480 e. The van der Waals surface area contributed by atoms with E-state index in [2.05, 4.69) is 11.9 Å². The summed E-state index contributed by atoms with van der Waals surface area (Å²) in [4.78, 5) is 24.7. The smallest absolute Gasteiger partial charge is 0.326 e. The number of carboxylic acids is 1. The Balaban J connectivity index is 2.55. The Morgan fingerprint density at radius 3 is 2.62 bits per heavy atom. The summed E-state index contributed by atoms with van der Waals surface area (Å²) in [5, 5.41) is 11.8. The van der Waals surface area contributed by atoms with Gasteiger partial charge in [0.05, 0.1) is 0 Å². The Kier molecular flexibility index (Phi) is 7.01. The van der Waals surface area contributed by atoms with Crippen LogP contribution in [0.1, 0.15) is 18.4 Å². The first-order valence-corrected chi connectivity index (χ1v) is 6.94. The zero-order valence-electron chi connectivity index (χ0n) is 12.3. The number of nitrogens with zero attached hydrogens (tertiary/aromatic N) is 1. The van der Waals surface area contributed by atoms with E-state index in [-0.39, 0.29) is 12.5 Å². The number of amides is 2. The summed E-state index contributed by atoms with van der Waals surface area (Å²) < 4.78 is 0. The largest absolute Gasteiger partial charge is 0.480 e. The Morgan fingerprint density at radius 1 is 1.38 bits per heavy atom. The molecule has 0 saturated heterocycles. The van der Waals surface area contributed by atoms with E-state index in [0.717, 1.165) is 18.4 Å². The molecule has 5 nitrogen and oxygen atoms in total. The van der Waals surface area contributed by atoms with Crippen molar-refractivity contribution in [1.29, 1.82) is 0 Å². The standard InChI is InChI=1S/C16H22N2O3/c1-3-4-8-11-18(2)16(21)17-14(15(19)20)12-13-9-6-5-7-10-13/h3,5-7,9-10,14H,1,4,8,11-12H2,2H3,(H,17,21)(H,19,20)/t14-/m0/s1. The first kappa shape index (κ1) is 16.8. The number of unbranched alkanes of at least 4 members (excludes halogenated alkanes) is 1. The van der Waals surface area contributed by atoms with Gasteiger partial charge in [-0.2, -0.15) is 0 Å². The number of urea groups is 1. The lowest BCUT2D eigenvalue weighted by molar-refractivity contribution is -0.139. The van der Waals surface area contributed by atoms with Crippen molar-refractivity contribution in [2.45, 2.75) is 25.3 Å². The number of hydrogen-bond donors (Lipinski definition) is 2. The van der Waals surface area contributed by atoms with E-state index in [9.17, 15) is 14.7 Å². The molecule has 1 aromatic carbocycles. The van der Waals surface area contributed by atoms with Crippen LogP contribution in [0.2, 0.25) is 0 Å². The molecule has 2 amide bonds. The summed E-state index contributed by atoms with van der Waals surface area (Å²) in [5.74, 6) is -1.04. The van der Waals surface area contributed by atoms with Gasteiger partial charge in [0.25, 0.3) is 0 Å². The fourth-order valence-electron chi connectivity index (χ4n) is 1.88. The topological polar surface area (TPSA) is 69.6 Å². The summed E-state index contributed by atoms with van der Waals surface area (Å²) >= 11 is 0. The van der Waals surface area contributed by atoms with Crippen molar-refractivity contribution < 1.29 is 14.7 Å². The molecule has 0 bridgehead atoms. The molecular formula is C16H22N2O3. The molecule has 0 aliphatic heterocycles. The molecule has 0 unspecified atom stereocenters. The highest BCUT2D eigenvalue weighted by Gasteiger charge is 2.21. The maximum atomic E-state index is 12.0. The van der Waals surface area contributed by atoms with Crippen molar-refractivity contribution in [3.8, 4) is 0 Å².